The summed E-state index contributed by atoms with van der Waals surface area (Å²) in [6.45, 7) is 6.03. The number of benzene rings is 2. The molecule has 0 aromatic heterocycles. The number of urea groups is 1. The molecular weight excluding hydrogens is 352 g/mol. The van der Waals surface area contributed by atoms with Gasteiger partial charge in [0, 0.05) is 19.6 Å². The molecule has 2 aromatic rings. The minimum absolute atomic E-state index is 0.167. The molecule has 0 atom stereocenters. The van der Waals surface area contributed by atoms with E-state index in [0.29, 0.717) is 49.4 Å². The summed E-state index contributed by atoms with van der Waals surface area (Å²) in [6.07, 6.45) is 1.71. The van der Waals surface area contributed by atoms with Gasteiger partial charge in [-0.3, -0.25) is 0 Å². The summed E-state index contributed by atoms with van der Waals surface area (Å²) in [5, 5.41) is 3.41. The van der Waals surface area contributed by atoms with Gasteiger partial charge in [-0.1, -0.05) is 48.0 Å². The number of amides is 2. The van der Waals surface area contributed by atoms with E-state index in [1.807, 2.05) is 36.4 Å². The van der Waals surface area contributed by atoms with Crippen LogP contribution in [0.1, 0.15) is 11.1 Å². The highest BCUT2D eigenvalue weighted by Crippen LogP contribution is 2.38. The molecule has 0 saturated carbocycles. The average Bonchev–Trinajstić information content (AvgIpc) is 2.67. The van der Waals surface area contributed by atoms with Gasteiger partial charge >= 0.3 is 6.03 Å². The molecule has 0 unspecified atom stereocenters. The maximum Gasteiger partial charge on any atom is 0.318 e. The molecule has 0 fully saturated rings. The van der Waals surface area contributed by atoms with Crippen molar-refractivity contribution < 1.29 is 14.3 Å². The van der Waals surface area contributed by atoms with Crippen LogP contribution in [-0.2, 0) is 13.1 Å². The molecule has 0 aliphatic carbocycles. The van der Waals surface area contributed by atoms with E-state index < -0.39 is 0 Å². The van der Waals surface area contributed by atoms with Gasteiger partial charge in [-0.2, -0.15) is 0 Å². The number of fused-ring (bicyclic) bond motifs is 1. The fraction of sp³-hybridized carbons (Fsp3) is 0.250. The Labute approximate surface area is 158 Å². The third-order valence-corrected chi connectivity index (χ3v) is 4.23. The number of hydrogen-bond acceptors (Lipinski definition) is 3. The Bertz CT molecular complexity index is 780. The Morgan fingerprint density at radius 2 is 1.96 bits per heavy atom. The number of rotatable bonds is 6. The molecule has 1 aliphatic rings. The minimum Gasteiger partial charge on any atom is -0.486 e. The quantitative estimate of drug-likeness (QED) is 0.779. The molecule has 1 heterocycles. The Morgan fingerprint density at radius 1 is 1.19 bits per heavy atom. The van der Waals surface area contributed by atoms with Crippen LogP contribution < -0.4 is 14.8 Å². The highest BCUT2D eigenvalue weighted by molar-refractivity contribution is 6.32. The van der Waals surface area contributed by atoms with Crippen LogP contribution in [0.5, 0.6) is 11.5 Å². The molecule has 1 aliphatic heterocycles. The third kappa shape index (κ3) is 4.49. The fourth-order valence-electron chi connectivity index (χ4n) is 2.73. The predicted octanol–water partition coefficient (Wildman–Crippen LogP) is 4.01. The van der Waals surface area contributed by atoms with Crippen molar-refractivity contribution in [1.82, 2.24) is 10.2 Å². The lowest BCUT2D eigenvalue weighted by Gasteiger charge is -2.23. The second kappa shape index (κ2) is 8.63. The zero-order valence-corrected chi connectivity index (χ0v) is 15.2. The molecule has 0 radical (unpaired) electrons. The van der Waals surface area contributed by atoms with Crippen LogP contribution in [0.25, 0.3) is 0 Å². The number of nitrogens with one attached hydrogen (secondary N) is 1. The van der Waals surface area contributed by atoms with Crippen LogP contribution in [0.4, 0.5) is 4.79 Å². The zero-order valence-electron chi connectivity index (χ0n) is 14.4. The first-order chi connectivity index (χ1) is 12.7. The molecule has 0 bridgehead atoms. The third-order valence-electron chi connectivity index (χ3n) is 3.95. The van der Waals surface area contributed by atoms with E-state index in [1.54, 1.807) is 17.0 Å². The van der Waals surface area contributed by atoms with E-state index in [0.717, 1.165) is 11.1 Å². The molecule has 1 N–H and O–H groups in total. The van der Waals surface area contributed by atoms with Gasteiger partial charge in [-0.05, 0) is 23.3 Å². The SMILES string of the molecule is C=CCN(Cc1ccccc1)C(=O)NCc1cc(Cl)c2c(c1)OCCO2. The number of hydrogen-bond donors (Lipinski definition) is 1. The van der Waals surface area contributed by atoms with E-state index in [9.17, 15) is 4.79 Å². The smallest absolute Gasteiger partial charge is 0.318 e. The first kappa shape index (κ1) is 18.1. The van der Waals surface area contributed by atoms with Crippen molar-refractivity contribution in [3.8, 4) is 11.5 Å². The van der Waals surface area contributed by atoms with Crippen molar-refractivity contribution in [3.05, 3.63) is 71.3 Å². The van der Waals surface area contributed by atoms with Crippen molar-refractivity contribution in [2.75, 3.05) is 19.8 Å². The van der Waals surface area contributed by atoms with E-state index in [1.165, 1.54) is 0 Å². The van der Waals surface area contributed by atoms with Crippen LogP contribution >= 0.6 is 11.6 Å². The summed E-state index contributed by atoms with van der Waals surface area (Å²) < 4.78 is 11.1. The summed E-state index contributed by atoms with van der Waals surface area (Å²) in [5.74, 6) is 1.17. The lowest BCUT2D eigenvalue weighted by molar-refractivity contribution is 0.171. The van der Waals surface area contributed by atoms with E-state index in [-0.39, 0.29) is 6.03 Å². The van der Waals surface area contributed by atoms with Crippen molar-refractivity contribution in [2.24, 2.45) is 0 Å². The molecule has 26 heavy (non-hydrogen) atoms. The fourth-order valence-corrected chi connectivity index (χ4v) is 3.02. The van der Waals surface area contributed by atoms with Crippen molar-refractivity contribution in [3.63, 3.8) is 0 Å². The standard InChI is InChI=1S/C20H21ClN2O3/c1-2-8-23(14-15-6-4-3-5-7-15)20(24)22-13-16-11-17(21)19-18(12-16)25-9-10-26-19/h2-7,11-12H,1,8-10,13-14H2,(H,22,24). The van der Waals surface area contributed by atoms with Crippen LogP contribution in [0.15, 0.2) is 55.1 Å². The second-order valence-corrected chi connectivity index (χ2v) is 6.32. The number of nitrogens with zero attached hydrogens (tertiary/aromatic N) is 1. The number of carbonyl (C=O) groups excluding carboxylic acids is 1. The minimum atomic E-state index is -0.167. The van der Waals surface area contributed by atoms with Gasteiger partial charge in [-0.15, -0.1) is 6.58 Å². The second-order valence-electron chi connectivity index (χ2n) is 5.92. The average molecular weight is 373 g/mol. The summed E-state index contributed by atoms with van der Waals surface area (Å²) >= 11 is 6.24. The summed E-state index contributed by atoms with van der Waals surface area (Å²) in [6, 6.07) is 13.3. The van der Waals surface area contributed by atoms with Crippen LogP contribution in [0, 0.1) is 0 Å². The highest BCUT2D eigenvalue weighted by atomic mass is 35.5. The monoisotopic (exact) mass is 372 g/mol. The van der Waals surface area contributed by atoms with Crippen molar-refractivity contribution >= 4 is 17.6 Å². The van der Waals surface area contributed by atoms with E-state index in [2.05, 4.69) is 11.9 Å². The van der Waals surface area contributed by atoms with Crippen LogP contribution in [0.3, 0.4) is 0 Å². The van der Waals surface area contributed by atoms with Gasteiger partial charge < -0.3 is 19.7 Å². The Hall–Kier alpha value is -2.66. The number of halogens is 1. The summed E-state index contributed by atoms with van der Waals surface area (Å²) in [4.78, 5) is 14.3. The number of ether oxygens (including phenoxy) is 2. The predicted molar refractivity (Wildman–Crippen MR) is 102 cm³/mol. The van der Waals surface area contributed by atoms with E-state index >= 15 is 0 Å². The normalized spacial score (nSPS) is 12.3. The van der Waals surface area contributed by atoms with Gasteiger partial charge in [0.05, 0.1) is 5.02 Å². The molecule has 2 aromatic carbocycles. The lowest BCUT2D eigenvalue weighted by atomic mass is 10.2. The number of carbonyl (C=O) groups is 1. The van der Waals surface area contributed by atoms with Gasteiger partial charge in [0.25, 0.3) is 0 Å². The van der Waals surface area contributed by atoms with Crippen molar-refractivity contribution in [1.29, 1.82) is 0 Å². The summed E-state index contributed by atoms with van der Waals surface area (Å²) in [7, 11) is 0. The highest BCUT2D eigenvalue weighted by Gasteiger charge is 2.18. The molecule has 6 heteroatoms. The van der Waals surface area contributed by atoms with Gasteiger partial charge in [0.15, 0.2) is 11.5 Å². The molecular formula is C20H21ClN2O3. The first-order valence-electron chi connectivity index (χ1n) is 8.43. The van der Waals surface area contributed by atoms with Gasteiger partial charge in [0.2, 0.25) is 0 Å². The lowest BCUT2D eigenvalue weighted by Crippen LogP contribution is -2.39. The van der Waals surface area contributed by atoms with Crippen molar-refractivity contribution in [2.45, 2.75) is 13.1 Å². The Morgan fingerprint density at radius 3 is 2.73 bits per heavy atom. The van der Waals surface area contributed by atoms with Crippen LogP contribution in [-0.4, -0.2) is 30.7 Å². The maximum atomic E-state index is 12.6. The first-order valence-corrected chi connectivity index (χ1v) is 8.81. The molecule has 136 valence electrons. The van der Waals surface area contributed by atoms with Crippen LogP contribution in [0.2, 0.25) is 5.02 Å². The molecule has 0 saturated heterocycles. The Kier molecular flexibility index (Phi) is 6.02. The topological polar surface area (TPSA) is 50.8 Å². The maximum absolute atomic E-state index is 12.6. The largest absolute Gasteiger partial charge is 0.486 e. The van der Waals surface area contributed by atoms with Gasteiger partial charge in [0.1, 0.15) is 13.2 Å². The molecule has 2 amide bonds. The van der Waals surface area contributed by atoms with Gasteiger partial charge in [-0.25, -0.2) is 4.79 Å². The molecule has 5 nitrogen and oxygen atoms in total. The molecule has 0 spiro atoms. The summed E-state index contributed by atoms with van der Waals surface area (Å²) in [5.41, 5.74) is 1.91. The molecule has 3 rings (SSSR count). The Balaban J connectivity index is 1.64. The zero-order chi connectivity index (χ0) is 18.4. The van der Waals surface area contributed by atoms with E-state index in [4.69, 9.17) is 21.1 Å².